The highest BCUT2D eigenvalue weighted by Crippen LogP contribution is 2.25. The molecule has 0 saturated heterocycles. The third-order valence-electron chi connectivity index (χ3n) is 5.90. The number of nitrogens with two attached hydrogens (primary N) is 2. The number of carbonyl (C=O) groups excluding carboxylic acids is 3. The monoisotopic (exact) mass is 489 g/mol. The Morgan fingerprint density at radius 2 is 1.97 bits per heavy atom. The largest absolute Gasteiger partial charge is 0.443 e. The molecule has 0 unspecified atom stereocenters. The van der Waals surface area contributed by atoms with Crippen molar-refractivity contribution in [2.75, 3.05) is 26.8 Å². The molecule has 5 N–H and O–H groups in total. The molecule has 12 nitrogen and oxygen atoms in total. The van der Waals surface area contributed by atoms with E-state index >= 15 is 0 Å². The first-order valence-electron chi connectivity index (χ1n) is 11.7. The molecule has 0 spiro atoms. The molecule has 0 radical (unpaired) electrons. The highest BCUT2D eigenvalue weighted by atomic mass is 16.6. The number of pyridine rings is 1. The van der Waals surface area contributed by atoms with Crippen molar-refractivity contribution in [3.05, 3.63) is 29.7 Å². The van der Waals surface area contributed by atoms with E-state index in [1.165, 1.54) is 19.9 Å². The number of hydrogen-bond donors (Lipinski definition) is 3. The molecule has 0 aromatic carbocycles. The summed E-state index contributed by atoms with van der Waals surface area (Å²) in [6.45, 7) is 3.65. The molecule has 35 heavy (non-hydrogen) atoms. The van der Waals surface area contributed by atoms with Crippen LogP contribution in [-0.4, -0.2) is 69.8 Å². The quantitative estimate of drug-likeness (QED) is 0.418. The molecule has 2 aromatic heterocycles. The maximum absolute atomic E-state index is 12.7. The van der Waals surface area contributed by atoms with Gasteiger partial charge in [0.2, 0.25) is 11.8 Å². The number of carbonyl (C=O) groups is 3. The van der Waals surface area contributed by atoms with Crippen LogP contribution in [0.4, 0.5) is 4.79 Å². The van der Waals surface area contributed by atoms with Crippen LogP contribution < -0.4 is 16.8 Å². The topological polar surface area (TPSA) is 167 Å². The lowest BCUT2D eigenvalue weighted by Gasteiger charge is -2.24. The summed E-state index contributed by atoms with van der Waals surface area (Å²) in [5.74, 6) is -0.0617. The summed E-state index contributed by atoms with van der Waals surface area (Å²) in [5, 5.41) is 11.5. The normalized spacial score (nSPS) is 15.2. The van der Waals surface area contributed by atoms with Gasteiger partial charge in [0.1, 0.15) is 19.2 Å². The Hall–Kier alpha value is -3.25. The highest BCUT2D eigenvalue weighted by molar-refractivity contribution is 5.85. The standard InChI is InChI=1S/C23H35N7O5/c1-23(2,25)21(32)26-17(14-34-12-15-7-4-5-8-15)20-28-27-19-10-6-9-16(30(19)20)13-35-22(33)29(3)11-18(24)31/h6,9-10,15,17H,4-5,7-8,11-14,25H2,1-3H3,(H2,24,31)(H,26,32)/t17-/m1/s1. The van der Waals surface area contributed by atoms with Gasteiger partial charge in [-0.2, -0.15) is 0 Å². The van der Waals surface area contributed by atoms with E-state index in [9.17, 15) is 14.4 Å². The fraction of sp³-hybridized carbons (Fsp3) is 0.609. The van der Waals surface area contributed by atoms with Crippen molar-refractivity contribution >= 4 is 23.6 Å². The summed E-state index contributed by atoms with van der Waals surface area (Å²) in [6.07, 6.45) is 3.99. The zero-order valence-electron chi connectivity index (χ0n) is 20.5. The molecule has 192 valence electrons. The fourth-order valence-corrected chi connectivity index (χ4v) is 3.97. The second-order valence-corrected chi connectivity index (χ2v) is 9.58. The van der Waals surface area contributed by atoms with Gasteiger partial charge in [0.15, 0.2) is 11.5 Å². The zero-order chi connectivity index (χ0) is 25.6. The molecule has 1 aliphatic rings. The molecule has 2 heterocycles. The van der Waals surface area contributed by atoms with Gasteiger partial charge in [0, 0.05) is 13.7 Å². The average molecular weight is 490 g/mol. The third-order valence-corrected chi connectivity index (χ3v) is 5.90. The summed E-state index contributed by atoms with van der Waals surface area (Å²) in [6, 6.07) is 4.65. The van der Waals surface area contributed by atoms with Gasteiger partial charge < -0.3 is 31.2 Å². The number of amides is 3. The van der Waals surface area contributed by atoms with Crippen molar-refractivity contribution < 1.29 is 23.9 Å². The first-order chi connectivity index (χ1) is 16.6. The minimum atomic E-state index is -1.10. The highest BCUT2D eigenvalue weighted by Gasteiger charge is 2.29. The van der Waals surface area contributed by atoms with Crippen LogP contribution >= 0.6 is 0 Å². The lowest BCUT2D eigenvalue weighted by Crippen LogP contribution is -2.51. The molecule has 12 heteroatoms. The van der Waals surface area contributed by atoms with E-state index in [0.717, 1.165) is 17.7 Å². The van der Waals surface area contributed by atoms with Crippen molar-refractivity contribution in [2.24, 2.45) is 17.4 Å². The van der Waals surface area contributed by atoms with E-state index in [1.54, 1.807) is 36.4 Å². The van der Waals surface area contributed by atoms with Crippen LogP contribution in [0.2, 0.25) is 0 Å². The predicted octanol–water partition coefficient (Wildman–Crippen LogP) is 0.884. The van der Waals surface area contributed by atoms with E-state index in [4.69, 9.17) is 20.9 Å². The van der Waals surface area contributed by atoms with Gasteiger partial charge in [0.25, 0.3) is 0 Å². The Morgan fingerprint density at radius 3 is 2.63 bits per heavy atom. The van der Waals surface area contributed by atoms with Gasteiger partial charge >= 0.3 is 6.09 Å². The van der Waals surface area contributed by atoms with Crippen molar-refractivity contribution in [2.45, 2.75) is 57.7 Å². The molecule has 2 aromatic rings. The van der Waals surface area contributed by atoms with E-state index in [-0.39, 0.29) is 25.7 Å². The van der Waals surface area contributed by atoms with E-state index < -0.39 is 23.6 Å². The molecule has 1 fully saturated rings. The summed E-state index contributed by atoms with van der Waals surface area (Å²) in [7, 11) is 1.42. The van der Waals surface area contributed by atoms with Gasteiger partial charge in [0.05, 0.1) is 17.8 Å². The van der Waals surface area contributed by atoms with Gasteiger partial charge in [-0.25, -0.2) is 4.79 Å². The van der Waals surface area contributed by atoms with Crippen LogP contribution in [0.25, 0.3) is 5.65 Å². The molecule has 3 amide bonds. The SMILES string of the molecule is CN(CC(N)=O)C(=O)OCc1cccc2nnc([C@@H](COCC3CCCC3)NC(=O)C(C)(C)N)n12. The Bertz CT molecular complexity index is 1040. The number of hydrogen-bond acceptors (Lipinski definition) is 8. The zero-order valence-corrected chi connectivity index (χ0v) is 20.5. The van der Waals surface area contributed by atoms with E-state index in [0.29, 0.717) is 29.7 Å². The molecule has 3 rings (SSSR count). The van der Waals surface area contributed by atoms with Gasteiger partial charge in [-0.05, 0) is 44.7 Å². The third kappa shape index (κ3) is 7.12. The van der Waals surface area contributed by atoms with Crippen LogP contribution in [-0.2, 0) is 25.7 Å². The molecule has 1 atom stereocenters. The van der Waals surface area contributed by atoms with Crippen LogP contribution in [0.15, 0.2) is 18.2 Å². The Balaban J connectivity index is 1.82. The summed E-state index contributed by atoms with van der Waals surface area (Å²) >= 11 is 0. The molecule has 0 aliphatic heterocycles. The Morgan fingerprint density at radius 1 is 1.26 bits per heavy atom. The van der Waals surface area contributed by atoms with Crippen molar-refractivity contribution in [3.63, 3.8) is 0 Å². The summed E-state index contributed by atoms with van der Waals surface area (Å²) < 4.78 is 13.1. The lowest BCUT2D eigenvalue weighted by molar-refractivity contribution is -0.126. The van der Waals surface area contributed by atoms with Crippen molar-refractivity contribution in [1.82, 2.24) is 24.8 Å². The average Bonchev–Trinajstić information content (AvgIpc) is 3.45. The van der Waals surface area contributed by atoms with E-state index in [2.05, 4.69) is 15.5 Å². The van der Waals surface area contributed by atoms with Crippen molar-refractivity contribution in [3.8, 4) is 0 Å². The first kappa shape index (κ1) is 26.4. The lowest BCUT2D eigenvalue weighted by atomic mass is 10.1. The van der Waals surface area contributed by atoms with Crippen molar-refractivity contribution in [1.29, 1.82) is 0 Å². The molecule has 1 saturated carbocycles. The number of fused-ring (bicyclic) bond motifs is 1. The first-order valence-corrected chi connectivity index (χ1v) is 11.7. The molecule has 1 aliphatic carbocycles. The molecular weight excluding hydrogens is 454 g/mol. The van der Waals surface area contributed by atoms with Gasteiger partial charge in [-0.1, -0.05) is 18.9 Å². The van der Waals surface area contributed by atoms with Crippen LogP contribution in [0.1, 0.15) is 57.1 Å². The summed E-state index contributed by atoms with van der Waals surface area (Å²) in [4.78, 5) is 37.1. The van der Waals surface area contributed by atoms with Crippen LogP contribution in [0, 0.1) is 5.92 Å². The number of rotatable bonds is 11. The van der Waals surface area contributed by atoms with Crippen LogP contribution in [0.3, 0.4) is 0 Å². The van der Waals surface area contributed by atoms with Gasteiger partial charge in [-0.15, -0.1) is 10.2 Å². The number of ether oxygens (including phenoxy) is 2. The second kappa shape index (κ2) is 11.5. The predicted molar refractivity (Wildman–Crippen MR) is 127 cm³/mol. The number of nitrogens with one attached hydrogen (secondary N) is 1. The van der Waals surface area contributed by atoms with Crippen LogP contribution in [0.5, 0.6) is 0 Å². The fourth-order valence-electron chi connectivity index (χ4n) is 3.97. The second-order valence-electron chi connectivity index (χ2n) is 9.58. The number of primary amides is 1. The Labute approximate surface area is 204 Å². The molecular formula is C23H35N7O5. The maximum atomic E-state index is 12.7. The minimum absolute atomic E-state index is 0.115. The van der Waals surface area contributed by atoms with Gasteiger partial charge in [-0.3, -0.25) is 14.0 Å². The number of aromatic nitrogens is 3. The maximum Gasteiger partial charge on any atom is 0.410 e. The Kier molecular flexibility index (Phi) is 8.62. The molecule has 0 bridgehead atoms. The van der Waals surface area contributed by atoms with E-state index in [1.807, 2.05) is 0 Å². The smallest absolute Gasteiger partial charge is 0.410 e. The summed E-state index contributed by atoms with van der Waals surface area (Å²) in [5.41, 5.74) is 11.1. The number of nitrogens with zero attached hydrogens (tertiary/aromatic N) is 4. The minimum Gasteiger partial charge on any atom is -0.443 e. The number of likely N-dealkylation sites (N-methyl/N-ethyl adjacent to an activating group) is 1.